The molecule has 0 unspecified atom stereocenters. The molecule has 0 aromatic carbocycles. The fraction of sp³-hybridized carbons (Fsp3) is 0.972. The van der Waals surface area contributed by atoms with Crippen LogP contribution in [0.1, 0.15) is 144 Å². The Hall–Kier alpha value is -0.610. The van der Waals surface area contributed by atoms with E-state index in [1.165, 1.54) is 77.0 Å². The zero-order valence-corrected chi connectivity index (χ0v) is 26.6. The van der Waals surface area contributed by atoms with Crippen molar-refractivity contribution in [3.63, 3.8) is 0 Å². The van der Waals surface area contributed by atoms with Gasteiger partial charge >= 0.3 is 5.97 Å². The molecule has 6 aliphatic rings. The molecule has 12 atom stereocenters. The van der Waals surface area contributed by atoms with Crippen LogP contribution in [0.25, 0.3) is 0 Å². The topological polar surface area (TPSA) is 44.8 Å². The van der Waals surface area contributed by atoms with Gasteiger partial charge in [-0.1, -0.05) is 66.7 Å². The van der Waals surface area contributed by atoms with Crippen LogP contribution in [-0.4, -0.2) is 30.6 Å². The first-order chi connectivity index (χ1) is 19.2. The number of hydrogen-bond donors (Lipinski definition) is 0. The van der Waals surface area contributed by atoms with Crippen molar-refractivity contribution in [2.45, 2.75) is 162 Å². The molecule has 228 valence electrons. The van der Waals surface area contributed by atoms with Gasteiger partial charge in [0, 0.05) is 18.8 Å². The summed E-state index contributed by atoms with van der Waals surface area (Å²) in [6.45, 7) is 13.2. The van der Waals surface area contributed by atoms with Gasteiger partial charge in [0.15, 0.2) is 5.79 Å². The molecule has 4 aliphatic carbocycles. The van der Waals surface area contributed by atoms with E-state index in [0.717, 1.165) is 56.0 Å². The van der Waals surface area contributed by atoms with E-state index in [-0.39, 0.29) is 17.9 Å². The van der Waals surface area contributed by atoms with Crippen LogP contribution < -0.4 is 0 Å². The summed E-state index contributed by atoms with van der Waals surface area (Å²) < 4.78 is 19.6. The Morgan fingerprint density at radius 3 is 2.40 bits per heavy atom. The van der Waals surface area contributed by atoms with Crippen molar-refractivity contribution in [1.29, 1.82) is 0 Å². The summed E-state index contributed by atoms with van der Waals surface area (Å²) in [4.78, 5) is 12.6. The average Bonchev–Trinajstić information content (AvgIpc) is 3.38. The van der Waals surface area contributed by atoms with Crippen LogP contribution in [0.4, 0.5) is 0 Å². The summed E-state index contributed by atoms with van der Waals surface area (Å²) in [5.41, 5.74) is 0.814. The van der Waals surface area contributed by atoms with Crippen LogP contribution in [0.3, 0.4) is 0 Å². The zero-order chi connectivity index (χ0) is 28.1. The van der Waals surface area contributed by atoms with E-state index in [0.29, 0.717) is 41.1 Å². The van der Waals surface area contributed by atoms with Crippen LogP contribution in [0.5, 0.6) is 0 Å². The molecular formula is C36H60O4. The fourth-order valence-electron chi connectivity index (χ4n) is 11.6. The predicted octanol–water partition coefficient (Wildman–Crippen LogP) is 9.10. The Labute approximate surface area is 245 Å². The number of ether oxygens (including phenoxy) is 3. The highest BCUT2D eigenvalue weighted by Crippen LogP contribution is 2.71. The highest BCUT2D eigenvalue weighted by Gasteiger charge is 2.69. The van der Waals surface area contributed by atoms with E-state index >= 15 is 0 Å². The molecule has 4 heteroatoms. The summed E-state index contributed by atoms with van der Waals surface area (Å²) in [5.74, 6) is 4.77. The van der Waals surface area contributed by atoms with Gasteiger partial charge in [-0.25, -0.2) is 0 Å². The average molecular weight is 557 g/mol. The molecule has 4 nitrogen and oxygen atoms in total. The third-order valence-electron chi connectivity index (χ3n) is 13.9. The number of carbonyl (C=O) groups excluding carboxylic acids is 1. The Bertz CT molecular complexity index is 893. The van der Waals surface area contributed by atoms with Crippen molar-refractivity contribution in [1.82, 2.24) is 0 Å². The lowest BCUT2D eigenvalue weighted by Gasteiger charge is -2.61. The number of fused-ring (bicyclic) bond motifs is 7. The largest absolute Gasteiger partial charge is 0.462 e. The lowest BCUT2D eigenvalue weighted by atomic mass is 9.44. The summed E-state index contributed by atoms with van der Waals surface area (Å²) in [5, 5.41) is 0. The number of unbranched alkanes of at least 4 members (excludes halogenated alkanes) is 5. The molecule has 0 N–H and O–H groups in total. The molecule has 1 spiro atoms. The second-order valence-corrected chi connectivity index (χ2v) is 16.1. The molecule has 2 heterocycles. The third kappa shape index (κ3) is 5.01. The third-order valence-corrected chi connectivity index (χ3v) is 13.9. The molecule has 6 rings (SSSR count). The normalized spacial score (nSPS) is 49.7. The Balaban J connectivity index is 1.05. The number of esters is 1. The summed E-state index contributed by atoms with van der Waals surface area (Å²) >= 11 is 0. The molecule has 2 aliphatic heterocycles. The van der Waals surface area contributed by atoms with E-state index in [9.17, 15) is 4.79 Å². The maximum atomic E-state index is 12.6. The Morgan fingerprint density at radius 2 is 1.62 bits per heavy atom. The van der Waals surface area contributed by atoms with Crippen LogP contribution in [0, 0.1) is 52.3 Å². The summed E-state index contributed by atoms with van der Waals surface area (Å²) in [6, 6.07) is 0. The SMILES string of the molecule is CCCCCCCCC(=O)O[C@@H]1CC[C@]2(C)[C@H](CC[C@H]3[C@H]4C[C@@H]5O[C@]6(CC[C@H](C)CO6)[C@H](C)[C@H]5[C@]4(C)CC[C@@H]32)C1. The molecular weight excluding hydrogens is 496 g/mol. The van der Waals surface area contributed by atoms with E-state index < -0.39 is 0 Å². The second kappa shape index (κ2) is 11.5. The lowest BCUT2D eigenvalue weighted by molar-refractivity contribution is -0.273. The van der Waals surface area contributed by atoms with Crippen molar-refractivity contribution >= 4 is 5.97 Å². The minimum absolute atomic E-state index is 0.0620. The minimum atomic E-state index is -0.304. The molecule has 0 aromatic rings. The Morgan fingerprint density at radius 1 is 0.850 bits per heavy atom. The van der Waals surface area contributed by atoms with Gasteiger partial charge in [0.05, 0.1) is 12.7 Å². The van der Waals surface area contributed by atoms with Gasteiger partial charge in [-0.05, 0) is 111 Å². The van der Waals surface area contributed by atoms with Gasteiger partial charge in [0.25, 0.3) is 0 Å². The molecule has 4 saturated carbocycles. The summed E-state index contributed by atoms with van der Waals surface area (Å²) in [6.07, 6.45) is 20.9. The monoisotopic (exact) mass is 556 g/mol. The highest BCUT2D eigenvalue weighted by atomic mass is 16.7. The molecule has 6 fully saturated rings. The highest BCUT2D eigenvalue weighted by molar-refractivity contribution is 5.69. The molecule has 0 radical (unpaired) electrons. The van der Waals surface area contributed by atoms with Crippen molar-refractivity contribution in [2.24, 2.45) is 52.3 Å². The van der Waals surface area contributed by atoms with E-state index in [1.807, 2.05) is 0 Å². The maximum Gasteiger partial charge on any atom is 0.306 e. The van der Waals surface area contributed by atoms with Gasteiger partial charge in [-0.3, -0.25) is 4.79 Å². The quantitative estimate of drug-likeness (QED) is 0.221. The van der Waals surface area contributed by atoms with Gasteiger partial charge < -0.3 is 14.2 Å². The van der Waals surface area contributed by atoms with Crippen molar-refractivity contribution < 1.29 is 19.0 Å². The van der Waals surface area contributed by atoms with Crippen molar-refractivity contribution in [3.8, 4) is 0 Å². The first kappa shape index (κ1) is 29.5. The fourth-order valence-corrected chi connectivity index (χ4v) is 11.6. The van der Waals surface area contributed by atoms with E-state index in [2.05, 4.69) is 34.6 Å². The van der Waals surface area contributed by atoms with Crippen LogP contribution in [0.2, 0.25) is 0 Å². The summed E-state index contributed by atoms with van der Waals surface area (Å²) in [7, 11) is 0. The van der Waals surface area contributed by atoms with Crippen LogP contribution in [0.15, 0.2) is 0 Å². The molecule has 0 bridgehead atoms. The number of rotatable bonds is 8. The lowest BCUT2D eigenvalue weighted by Crippen LogP contribution is -2.55. The van der Waals surface area contributed by atoms with Gasteiger partial charge in [0.1, 0.15) is 6.10 Å². The molecule has 0 aromatic heterocycles. The number of carbonyl (C=O) groups is 1. The van der Waals surface area contributed by atoms with E-state index in [1.54, 1.807) is 0 Å². The first-order valence-electron chi connectivity index (χ1n) is 17.7. The predicted molar refractivity (Wildman–Crippen MR) is 160 cm³/mol. The standard InChI is InChI=1S/C36H60O4/c1-6-7-8-9-10-11-12-32(37)39-27-16-18-34(4)26(21-27)13-14-28-29(34)17-19-35(5)30(28)22-31-33(35)25(3)36(40-31)20-15-24(2)23-38-36/h24-31,33H,6-23H2,1-5H3/t24-,25+,26+,27+,28+,29-,30+,31-,33+,34+,35+,36+/m0/s1. The first-order valence-corrected chi connectivity index (χ1v) is 17.7. The maximum absolute atomic E-state index is 12.6. The van der Waals surface area contributed by atoms with Gasteiger partial charge in [-0.15, -0.1) is 0 Å². The van der Waals surface area contributed by atoms with Gasteiger partial charge in [-0.2, -0.15) is 0 Å². The van der Waals surface area contributed by atoms with Crippen molar-refractivity contribution in [2.75, 3.05) is 6.61 Å². The van der Waals surface area contributed by atoms with Gasteiger partial charge in [0.2, 0.25) is 0 Å². The Kier molecular flexibility index (Phi) is 8.45. The van der Waals surface area contributed by atoms with Crippen LogP contribution in [-0.2, 0) is 19.0 Å². The minimum Gasteiger partial charge on any atom is -0.462 e. The molecule has 0 amide bonds. The second-order valence-electron chi connectivity index (χ2n) is 16.1. The zero-order valence-electron chi connectivity index (χ0n) is 26.6. The molecule has 2 saturated heterocycles. The smallest absolute Gasteiger partial charge is 0.306 e. The van der Waals surface area contributed by atoms with Crippen molar-refractivity contribution in [3.05, 3.63) is 0 Å². The van der Waals surface area contributed by atoms with Crippen LogP contribution >= 0.6 is 0 Å². The molecule has 40 heavy (non-hydrogen) atoms. The number of hydrogen-bond acceptors (Lipinski definition) is 4. The van der Waals surface area contributed by atoms with E-state index in [4.69, 9.17) is 14.2 Å².